The standard InChI is InChI=1S/C20H23FN2O2/c1-12(2)18(23-19(24)16-7-5-6-8-17(16)21)20(25)22-15-10-13(3)9-14(4)11-15/h5-12,18H,1-4H3,(H,22,25)(H,23,24). The number of halogens is 1. The quantitative estimate of drug-likeness (QED) is 0.867. The highest BCUT2D eigenvalue weighted by Gasteiger charge is 2.25. The van der Waals surface area contributed by atoms with Crippen molar-refractivity contribution in [3.05, 3.63) is 65.0 Å². The van der Waals surface area contributed by atoms with Gasteiger partial charge in [0, 0.05) is 5.69 Å². The molecule has 1 unspecified atom stereocenters. The third-order valence-corrected chi connectivity index (χ3v) is 3.84. The molecule has 0 heterocycles. The summed E-state index contributed by atoms with van der Waals surface area (Å²) in [6.45, 7) is 7.55. The van der Waals surface area contributed by atoms with Gasteiger partial charge < -0.3 is 10.6 Å². The van der Waals surface area contributed by atoms with Crippen LogP contribution in [0.15, 0.2) is 42.5 Å². The number of hydrogen-bond acceptors (Lipinski definition) is 2. The molecular weight excluding hydrogens is 319 g/mol. The Labute approximate surface area is 147 Å². The van der Waals surface area contributed by atoms with E-state index in [2.05, 4.69) is 10.6 Å². The van der Waals surface area contributed by atoms with Crippen molar-refractivity contribution < 1.29 is 14.0 Å². The second kappa shape index (κ2) is 7.92. The minimum absolute atomic E-state index is 0.0765. The van der Waals surface area contributed by atoms with Gasteiger partial charge in [0.05, 0.1) is 5.56 Å². The zero-order valence-electron chi connectivity index (χ0n) is 14.9. The molecule has 0 saturated heterocycles. The van der Waals surface area contributed by atoms with E-state index in [1.54, 1.807) is 6.07 Å². The minimum Gasteiger partial charge on any atom is -0.340 e. The van der Waals surface area contributed by atoms with Crippen molar-refractivity contribution >= 4 is 17.5 Å². The van der Waals surface area contributed by atoms with Crippen LogP contribution in [0.2, 0.25) is 0 Å². The van der Waals surface area contributed by atoms with Crippen LogP contribution in [0.4, 0.5) is 10.1 Å². The highest BCUT2D eigenvalue weighted by Crippen LogP contribution is 2.16. The number of hydrogen-bond donors (Lipinski definition) is 2. The third kappa shape index (κ3) is 4.89. The molecule has 1 atom stereocenters. The molecule has 0 saturated carbocycles. The fourth-order valence-corrected chi connectivity index (χ4v) is 2.67. The first-order valence-corrected chi connectivity index (χ1v) is 8.22. The SMILES string of the molecule is Cc1cc(C)cc(NC(=O)C(NC(=O)c2ccccc2F)C(C)C)c1. The van der Waals surface area contributed by atoms with Gasteiger partial charge in [0.15, 0.2) is 0 Å². The van der Waals surface area contributed by atoms with E-state index in [0.29, 0.717) is 5.69 Å². The summed E-state index contributed by atoms with van der Waals surface area (Å²) in [6.07, 6.45) is 0. The molecule has 2 aromatic carbocycles. The summed E-state index contributed by atoms with van der Waals surface area (Å²) < 4.78 is 13.8. The highest BCUT2D eigenvalue weighted by atomic mass is 19.1. The van der Waals surface area contributed by atoms with Crippen molar-refractivity contribution in [2.75, 3.05) is 5.32 Å². The monoisotopic (exact) mass is 342 g/mol. The van der Waals surface area contributed by atoms with Gasteiger partial charge in [-0.15, -0.1) is 0 Å². The molecule has 0 aliphatic heterocycles. The summed E-state index contributed by atoms with van der Waals surface area (Å²) in [7, 11) is 0. The van der Waals surface area contributed by atoms with Crippen molar-refractivity contribution in [3.63, 3.8) is 0 Å². The molecule has 2 rings (SSSR count). The maximum absolute atomic E-state index is 13.8. The molecule has 2 aromatic rings. The van der Waals surface area contributed by atoms with Crippen LogP contribution in [0.25, 0.3) is 0 Å². The van der Waals surface area contributed by atoms with Crippen LogP contribution < -0.4 is 10.6 Å². The molecule has 132 valence electrons. The molecule has 0 aliphatic rings. The Hall–Kier alpha value is -2.69. The van der Waals surface area contributed by atoms with E-state index in [9.17, 15) is 14.0 Å². The Morgan fingerprint density at radius 2 is 1.60 bits per heavy atom. The van der Waals surface area contributed by atoms with E-state index in [1.165, 1.54) is 18.2 Å². The van der Waals surface area contributed by atoms with Crippen molar-refractivity contribution in [1.82, 2.24) is 5.32 Å². The van der Waals surface area contributed by atoms with Crippen LogP contribution in [0.5, 0.6) is 0 Å². The van der Waals surface area contributed by atoms with E-state index in [1.807, 2.05) is 45.9 Å². The van der Waals surface area contributed by atoms with Crippen LogP contribution in [0.3, 0.4) is 0 Å². The summed E-state index contributed by atoms with van der Waals surface area (Å²) in [5, 5.41) is 5.46. The zero-order chi connectivity index (χ0) is 18.6. The van der Waals surface area contributed by atoms with Gasteiger partial charge in [-0.2, -0.15) is 0 Å². The lowest BCUT2D eigenvalue weighted by atomic mass is 10.0. The Bertz CT molecular complexity index is 767. The van der Waals surface area contributed by atoms with E-state index in [-0.39, 0.29) is 17.4 Å². The van der Waals surface area contributed by atoms with Gasteiger partial charge in [-0.05, 0) is 55.2 Å². The highest BCUT2D eigenvalue weighted by molar-refractivity contribution is 6.01. The largest absolute Gasteiger partial charge is 0.340 e. The molecule has 0 aliphatic carbocycles. The van der Waals surface area contributed by atoms with Crippen LogP contribution in [-0.2, 0) is 4.79 Å². The second-order valence-electron chi connectivity index (χ2n) is 6.54. The summed E-state index contributed by atoms with van der Waals surface area (Å²) in [6, 6.07) is 10.7. The predicted molar refractivity (Wildman–Crippen MR) is 97.0 cm³/mol. The van der Waals surface area contributed by atoms with Gasteiger partial charge >= 0.3 is 0 Å². The maximum atomic E-state index is 13.8. The first-order valence-electron chi connectivity index (χ1n) is 8.22. The smallest absolute Gasteiger partial charge is 0.254 e. The molecule has 0 aromatic heterocycles. The number of amides is 2. The number of aryl methyl sites for hydroxylation is 2. The van der Waals surface area contributed by atoms with Gasteiger partial charge in [-0.1, -0.05) is 32.0 Å². The summed E-state index contributed by atoms with van der Waals surface area (Å²) in [5.41, 5.74) is 2.67. The fourth-order valence-electron chi connectivity index (χ4n) is 2.67. The number of rotatable bonds is 5. The molecule has 2 amide bonds. The van der Waals surface area contributed by atoms with Crippen LogP contribution in [-0.4, -0.2) is 17.9 Å². The van der Waals surface area contributed by atoms with Gasteiger partial charge in [-0.25, -0.2) is 4.39 Å². The van der Waals surface area contributed by atoms with E-state index >= 15 is 0 Å². The molecule has 0 spiro atoms. The average Bonchev–Trinajstić information content (AvgIpc) is 2.51. The van der Waals surface area contributed by atoms with E-state index in [4.69, 9.17) is 0 Å². The Morgan fingerprint density at radius 1 is 1.00 bits per heavy atom. The molecule has 0 fully saturated rings. The first-order chi connectivity index (χ1) is 11.8. The van der Waals surface area contributed by atoms with Crippen molar-refractivity contribution in [2.45, 2.75) is 33.7 Å². The first kappa shape index (κ1) is 18.6. The molecule has 0 radical (unpaired) electrons. The second-order valence-corrected chi connectivity index (χ2v) is 6.54. The molecule has 5 heteroatoms. The lowest BCUT2D eigenvalue weighted by Crippen LogP contribution is -2.47. The number of nitrogens with one attached hydrogen (secondary N) is 2. The van der Waals surface area contributed by atoms with Crippen molar-refractivity contribution in [1.29, 1.82) is 0 Å². The summed E-state index contributed by atoms with van der Waals surface area (Å²) in [5.74, 6) is -1.70. The van der Waals surface area contributed by atoms with E-state index in [0.717, 1.165) is 11.1 Å². The van der Waals surface area contributed by atoms with Crippen LogP contribution >= 0.6 is 0 Å². The van der Waals surface area contributed by atoms with Gasteiger partial charge in [-0.3, -0.25) is 9.59 Å². The third-order valence-electron chi connectivity index (χ3n) is 3.84. The van der Waals surface area contributed by atoms with Crippen molar-refractivity contribution in [3.8, 4) is 0 Å². The maximum Gasteiger partial charge on any atom is 0.254 e. The zero-order valence-corrected chi connectivity index (χ0v) is 14.9. The molecule has 4 nitrogen and oxygen atoms in total. The van der Waals surface area contributed by atoms with E-state index < -0.39 is 17.8 Å². The molecular formula is C20H23FN2O2. The summed E-state index contributed by atoms with van der Waals surface area (Å²) >= 11 is 0. The van der Waals surface area contributed by atoms with Gasteiger partial charge in [0.25, 0.3) is 5.91 Å². The minimum atomic E-state index is -0.770. The number of anilines is 1. The Balaban J connectivity index is 2.15. The lowest BCUT2D eigenvalue weighted by molar-refractivity contribution is -0.118. The lowest BCUT2D eigenvalue weighted by Gasteiger charge is -2.22. The van der Waals surface area contributed by atoms with Crippen LogP contribution in [0.1, 0.15) is 35.3 Å². The normalized spacial score (nSPS) is 11.9. The topological polar surface area (TPSA) is 58.2 Å². The molecule has 25 heavy (non-hydrogen) atoms. The molecule has 2 N–H and O–H groups in total. The molecule has 0 bridgehead atoms. The van der Waals surface area contributed by atoms with Gasteiger partial charge in [0.2, 0.25) is 5.91 Å². The Kier molecular flexibility index (Phi) is 5.91. The van der Waals surface area contributed by atoms with Gasteiger partial charge in [0.1, 0.15) is 11.9 Å². The Morgan fingerprint density at radius 3 is 2.16 bits per heavy atom. The average molecular weight is 342 g/mol. The number of carbonyl (C=O) groups excluding carboxylic acids is 2. The predicted octanol–water partition coefficient (Wildman–Crippen LogP) is 3.84. The van der Waals surface area contributed by atoms with Crippen molar-refractivity contribution in [2.24, 2.45) is 5.92 Å². The number of carbonyl (C=O) groups is 2. The number of benzene rings is 2. The van der Waals surface area contributed by atoms with Crippen LogP contribution in [0, 0.1) is 25.6 Å². The fraction of sp³-hybridized carbons (Fsp3) is 0.300. The summed E-state index contributed by atoms with van der Waals surface area (Å²) in [4.78, 5) is 24.9.